The lowest BCUT2D eigenvalue weighted by Gasteiger charge is -2.33. The smallest absolute Gasteiger partial charge is 0.148 e. The molecule has 0 unspecified atom stereocenters. The Morgan fingerprint density at radius 1 is 1.18 bits per heavy atom. The average Bonchev–Trinajstić information content (AvgIpc) is 3.09. The Bertz CT molecular complexity index is 993. The van der Waals surface area contributed by atoms with Crippen LogP contribution in [0.1, 0.15) is 60.5 Å². The lowest BCUT2D eigenvalue weighted by atomic mass is 9.82. The van der Waals surface area contributed by atoms with Crippen molar-refractivity contribution in [2.24, 2.45) is 0 Å². The lowest BCUT2D eigenvalue weighted by molar-refractivity contribution is -0.0334. The van der Waals surface area contributed by atoms with Gasteiger partial charge in [-0.25, -0.2) is 9.97 Å². The molecule has 1 saturated carbocycles. The fraction of sp³-hybridized carbons (Fsp3) is 0.455. The van der Waals surface area contributed by atoms with E-state index in [1.165, 1.54) is 11.1 Å². The topological polar surface area (TPSA) is 78.3 Å². The molecule has 3 N–H and O–H groups in total. The monoisotopic (exact) mass is 397 g/mol. The minimum absolute atomic E-state index is 0.107. The molecular weight excluding hydrogens is 370 g/mol. The number of hydrogen-bond donors (Lipinski definition) is 3. The molecule has 3 aromatic rings. The van der Waals surface area contributed by atoms with Crippen LogP contribution < -0.4 is 5.32 Å². The molecule has 1 aliphatic rings. The largest absolute Gasteiger partial charge is 0.393 e. The van der Waals surface area contributed by atoms with Gasteiger partial charge in [0, 0.05) is 10.9 Å². The molecule has 5 nitrogen and oxygen atoms in total. The van der Waals surface area contributed by atoms with E-state index >= 15 is 0 Å². The number of rotatable bonds is 4. The Morgan fingerprint density at radius 3 is 2.64 bits per heavy atom. The number of nitrogens with one attached hydrogen (secondary N) is 1. The van der Waals surface area contributed by atoms with Crippen LogP contribution in [0.4, 0.5) is 5.82 Å². The van der Waals surface area contributed by atoms with E-state index in [2.05, 4.69) is 53.4 Å². The fourth-order valence-corrected chi connectivity index (χ4v) is 5.12. The van der Waals surface area contributed by atoms with E-state index in [4.69, 9.17) is 0 Å². The number of hydrogen-bond acceptors (Lipinski definition) is 6. The predicted octanol–water partition coefficient (Wildman–Crippen LogP) is 4.60. The third kappa shape index (κ3) is 3.77. The van der Waals surface area contributed by atoms with Gasteiger partial charge in [0.1, 0.15) is 11.6 Å². The van der Waals surface area contributed by atoms with Crippen molar-refractivity contribution in [1.29, 1.82) is 0 Å². The number of thiophene rings is 1. The Kier molecular flexibility index (Phi) is 5.12. The first-order valence-corrected chi connectivity index (χ1v) is 10.7. The van der Waals surface area contributed by atoms with Gasteiger partial charge in [0.15, 0.2) is 0 Å². The van der Waals surface area contributed by atoms with Gasteiger partial charge in [0.25, 0.3) is 0 Å². The van der Waals surface area contributed by atoms with Crippen molar-refractivity contribution in [2.45, 2.75) is 64.2 Å². The highest BCUT2D eigenvalue weighted by atomic mass is 32.1. The van der Waals surface area contributed by atoms with Crippen LogP contribution in [0.15, 0.2) is 30.3 Å². The van der Waals surface area contributed by atoms with Gasteiger partial charge in [-0.05, 0) is 58.1 Å². The Balaban J connectivity index is 1.68. The lowest BCUT2D eigenvalue weighted by Crippen LogP contribution is -2.32. The summed E-state index contributed by atoms with van der Waals surface area (Å²) in [6.07, 6.45) is 2.12. The predicted molar refractivity (Wildman–Crippen MR) is 114 cm³/mol. The minimum Gasteiger partial charge on any atom is -0.393 e. The van der Waals surface area contributed by atoms with Gasteiger partial charge in [-0.2, -0.15) is 0 Å². The Labute approximate surface area is 169 Å². The number of aliphatic hydroxyl groups is 2. The first-order chi connectivity index (χ1) is 13.3. The minimum atomic E-state index is -0.877. The summed E-state index contributed by atoms with van der Waals surface area (Å²) >= 11 is 1.56. The fourth-order valence-electron chi connectivity index (χ4n) is 3.93. The van der Waals surface area contributed by atoms with E-state index in [0.29, 0.717) is 31.5 Å². The van der Waals surface area contributed by atoms with Crippen molar-refractivity contribution in [3.8, 4) is 0 Å². The number of benzene rings is 1. The standard InChI is InChI=1S/C22H27N3O2S/c1-13-5-4-6-16(11-13)14(2)23-21-20-18(24-15(3)25-21)12-19(28-20)22(27)9-7-17(26)8-10-22/h4-6,11-12,14,17,26-27H,7-10H2,1-3H3,(H,23,24,25)/t14-,17?,22?/m1/s1. The van der Waals surface area contributed by atoms with Crippen LogP contribution >= 0.6 is 11.3 Å². The van der Waals surface area contributed by atoms with Gasteiger partial charge < -0.3 is 15.5 Å². The van der Waals surface area contributed by atoms with Gasteiger partial charge in [-0.3, -0.25) is 0 Å². The Morgan fingerprint density at radius 2 is 1.93 bits per heavy atom. The zero-order valence-electron chi connectivity index (χ0n) is 16.6. The van der Waals surface area contributed by atoms with Crippen molar-refractivity contribution >= 4 is 27.4 Å². The van der Waals surface area contributed by atoms with Gasteiger partial charge in [-0.15, -0.1) is 11.3 Å². The molecule has 0 spiro atoms. The molecule has 0 amide bonds. The van der Waals surface area contributed by atoms with Crippen LogP contribution in [-0.2, 0) is 5.60 Å². The maximum atomic E-state index is 11.1. The number of aromatic nitrogens is 2. The number of fused-ring (bicyclic) bond motifs is 1. The van der Waals surface area contributed by atoms with Crippen LogP contribution in [0.25, 0.3) is 10.2 Å². The van der Waals surface area contributed by atoms with Crippen LogP contribution in [-0.4, -0.2) is 26.3 Å². The number of aryl methyl sites for hydroxylation is 2. The van der Waals surface area contributed by atoms with Crippen molar-refractivity contribution < 1.29 is 10.2 Å². The van der Waals surface area contributed by atoms with E-state index in [9.17, 15) is 10.2 Å². The van der Waals surface area contributed by atoms with E-state index in [-0.39, 0.29) is 12.1 Å². The van der Waals surface area contributed by atoms with Crippen LogP contribution in [0.2, 0.25) is 0 Å². The van der Waals surface area contributed by atoms with Gasteiger partial charge >= 0.3 is 0 Å². The highest BCUT2D eigenvalue weighted by Crippen LogP contribution is 2.43. The molecule has 0 bridgehead atoms. The summed E-state index contributed by atoms with van der Waals surface area (Å²) in [5, 5.41) is 24.5. The molecule has 6 heteroatoms. The van der Waals surface area contributed by atoms with Crippen LogP contribution in [0.3, 0.4) is 0 Å². The number of nitrogens with zero attached hydrogens (tertiary/aromatic N) is 2. The van der Waals surface area contributed by atoms with Crippen molar-refractivity contribution in [3.63, 3.8) is 0 Å². The summed E-state index contributed by atoms with van der Waals surface area (Å²) in [6.45, 7) is 6.12. The number of aliphatic hydroxyl groups excluding tert-OH is 1. The van der Waals surface area contributed by atoms with E-state index in [1.807, 2.05) is 13.0 Å². The van der Waals surface area contributed by atoms with Crippen molar-refractivity contribution in [2.75, 3.05) is 5.32 Å². The maximum Gasteiger partial charge on any atom is 0.148 e. The van der Waals surface area contributed by atoms with E-state index in [0.717, 1.165) is 20.9 Å². The summed E-state index contributed by atoms with van der Waals surface area (Å²) in [4.78, 5) is 10.2. The van der Waals surface area contributed by atoms with Gasteiger partial charge in [-0.1, -0.05) is 29.8 Å². The summed E-state index contributed by atoms with van der Waals surface area (Å²) < 4.78 is 0.972. The first kappa shape index (κ1) is 19.3. The first-order valence-electron chi connectivity index (χ1n) is 9.86. The molecule has 4 rings (SSSR count). The highest BCUT2D eigenvalue weighted by Gasteiger charge is 2.36. The molecule has 1 aromatic carbocycles. The molecule has 1 fully saturated rings. The number of anilines is 1. The average molecular weight is 398 g/mol. The maximum absolute atomic E-state index is 11.1. The van der Waals surface area contributed by atoms with Gasteiger partial charge in [0.05, 0.1) is 21.9 Å². The molecule has 0 radical (unpaired) electrons. The van der Waals surface area contributed by atoms with Crippen LogP contribution in [0.5, 0.6) is 0 Å². The van der Waals surface area contributed by atoms with Gasteiger partial charge in [0.2, 0.25) is 0 Å². The quantitative estimate of drug-likeness (QED) is 0.599. The highest BCUT2D eigenvalue weighted by molar-refractivity contribution is 7.19. The SMILES string of the molecule is Cc1cccc([C@@H](C)Nc2nc(C)nc3cc(C4(O)CCC(O)CC4)sc23)c1. The second-order valence-electron chi connectivity index (χ2n) is 7.99. The van der Waals surface area contributed by atoms with Crippen LogP contribution in [0, 0.1) is 13.8 Å². The molecule has 0 aliphatic heterocycles. The molecule has 1 atom stereocenters. The molecule has 2 aromatic heterocycles. The second kappa shape index (κ2) is 7.43. The van der Waals surface area contributed by atoms with E-state index in [1.54, 1.807) is 11.3 Å². The Hall–Kier alpha value is -2.02. The molecular formula is C22H27N3O2S. The molecule has 1 aliphatic carbocycles. The molecule has 28 heavy (non-hydrogen) atoms. The normalized spacial score (nSPS) is 23.7. The molecule has 2 heterocycles. The van der Waals surface area contributed by atoms with Crippen molar-refractivity contribution in [3.05, 3.63) is 52.2 Å². The zero-order valence-corrected chi connectivity index (χ0v) is 17.4. The zero-order chi connectivity index (χ0) is 19.9. The second-order valence-corrected chi connectivity index (χ2v) is 9.04. The summed E-state index contributed by atoms with van der Waals surface area (Å²) in [7, 11) is 0. The molecule has 148 valence electrons. The molecule has 0 saturated heterocycles. The summed E-state index contributed by atoms with van der Waals surface area (Å²) in [5.74, 6) is 1.52. The third-order valence-corrected chi connectivity index (χ3v) is 6.94. The summed E-state index contributed by atoms with van der Waals surface area (Å²) in [5.41, 5.74) is 2.43. The van der Waals surface area contributed by atoms with Crippen molar-refractivity contribution in [1.82, 2.24) is 9.97 Å². The third-order valence-electron chi connectivity index (χ3n) is 5.62. The van der Waals surface area contributed by atoms with E-state index < -0.39 is 5.60 Å². The summed E-state index contributed by atoms with van der Waals surface area (Å²) in [6, 6.07) is 10.6.